The monoisotopic (exact) mass is 373 g/mol. The van der Waals surface area contributed by atoms with Crippen molar-refractivity contribution in [1.29, 1.82) is 0 Å². The Bertz CT molecular complexity index is 787. The number of halogens is 5. The van der Waals surface area contributed by atoms with Crippen molar-refractivity contribution in [3.63, 3.8) is 0 Å². The molecule has 0 N–H and O–H groups in total. The lowest BCUT2D eigenvalue weighted by Gasteiger charge is -2.08. The first kappa shape index (κ1) is 17.2. The summed E-state index contributed by atoms with van der Waals surface area (Å²) < 4.78 is 74.3. The lowest BCUT2D eigenvalue weighted by molar-refractivity contribution is -0.137. The average molecular weight is 374 g/mol. The zero-order chi connectivity index (χ0) is 16.5. The molecular weight excluding hydrogens is 366 g/mol. The predicted octanol–water partition coefficient (Wildman–Crippen LogP) is 4.16. The largest absolute Gasteiger partial charge is 0.417 e. The molecule has 3 nitrogen and oxygen atoms in total. The van der Waals surface area contributed by atoms with Crippen LogP contribution in [0.1, 0.15) is 11.1 Å². The zero-order valence-electron chi connectivity index (χ0n) is 10.7. The Labute approximate surface area is 132 Å². The van der Waals surface area contributed by atoms with Crippen LogP contribution in [0, 0.1) is 0 Å². The fourth-order valence-electron chi connectivity index (χ4n) is 1.61. The van der Waals surface area contributed by atoms with E-state index in [4.69, 9.17) is 11.6 Å². The third-order valence-corrected chi connectivity index (χ3v) is 6.27. The van der Waals surface area contributed by atoms with Gasteiger partial charge in [0.05, 0.1) is 17.3 Å². The van der Waals surface area contributed by atoms with Gasteiger partial charge in [0.15, 0.2) is 5.03 Å². The molecule has 0 amide bonds. The van der Waals surface area contributed by atoms with Crippen molar-refractivity contribution in [2.75, 3.05) is 6.67 Å². The van der Waals surface area contributed by atoms with E-state index in [0.717, 1.165) is 11.3 Å². The Kier molecular flexibility index (Phi) is 4.78. The fraction of sp³-hybridized carbons (Fsp3) is 0.250. The van der Waals surface area contributed by atoms with Crippen molar-refractivity contribution < 1.29 is 26.0 Å². The van der Waals surface area contributed by atoms with Gasteiger partial charge in [-0.05, 0) is 23.1 Å². The summed E-state index contributed by atoms with van der Waals surface area (Å²) in [6, 6.07) is 1.77. The summed E-state index contributed by atoms with van der Waals surface area (Å²) in [6.45, 7) is -0.643. The molecule has 2 rings (SSSR count). The van der Waals surface area contributed by atoms with Crippen LogP contribution < -0.4 is 0 Å². The minimum Gasteiger partial charge on any atom is -0.251 e. The summed E-state index contributed by atoms with van der Waals surface area (Å²) in [7, 11) is -4.14. The second-order valence-electron chi connectivity index (χ2n) is 4.23. The second-order valence-corrected chi connectivity index (χ2v) is 7.64. The first-order valence-corrected chi connectivity index (χ1v) is 8.51. The number of alkyl halides is 4. The van der Waals surface area contributed by atoms with Crippen LogP contribution in [0.2, 0.25) is 5.02 Å². The second kappa shape index (κ2) is 6.13. The number of pyridine rings is 1. The van der Waals surface area contributed by atoms with Crippen molar-refractivity contribution in [3.8, 4) is 0 Å². The minimum atomic E-state index is -4.67. The summed E-state index contributed by atoms with van der Waals surface area (Å²) in [5, 5.41) is 0.191. The van der Waals surface area contributed by atoms with Crippen molar-refractivity contribution in [2.45, 2.75) is 21.8 Å². The van der Waals surface area contributed by atoms with Gasteiger partial charge >= 0.3 is 6.18 Å². The van der Waals surface area contributed by atoms with Crippen molar-refractivity contribution in [2.24, 2.45) is 0 Å². The molecule has 2 aromatic heterocycles. The number of nitrogens with zero attached hydrogens (tertiary/aromatic N) is 1. The van der Waals surface area contributed by atoms with E-state index < -0.39 is 38.3 Å². The number of sulfone groups is 1. The maximum atomic E-state index is 12.5. The van der Waals surface area contributed by atoms with Crippen LogP contribution in [0.25, 0.3) is 0 Å². The van der Waals surface area contributed by atoms with Gasteiger partial charge in [0.2, 0.25) is 9.84 Å². The zero-order valence-corrected chi connectivity index (χ0v) is 13.1. The molecule has 120 valence electrons. The Morgan fingerprint density at radius 2 is 1.95 bits per heavy atom. The van der Waals surface area contributed by atoms with Gasteiger partial charge in [-0.25, -0.2) is 13.4 Å². The SMILES string of the molecule is O=S(=O)(c1cc(CCF)cs1)c1ncc(C(F)(F)F)cc1Cl. The summed E-state index contributed by atoms with van der Waals surface area (Å²) >= 11 is 6.48. The summed E-state index contributed by atoms with van der Waals surface area (Å²) in [5.74, 6) is 0. The number of hydrogen-bond donors (Lipinski definition) is 0. The van der Waals surface area contributed by atoms with Crippen LogP contribution in [-0.2, 0) is 22.4 Å². The van der Waals surface area contributed by atoms with Gasteiger partial charge in [0, 0.05) is 12.6 Å². The molecule has 0 saturated heterocycles. The van der Waals surface area contributed by atoms with E-state index in [0.29, 0.717) is 17.8 Å². The van der Waals surface area contributed by atoms with Crippen LogP contribution in [0.3, 0.4) is 0 Å². The molecule has 0 unspecified atom stereocenters. The molecule has 0 atom stereocenters. The Morgan fingerprint density at radius 3 is 2.50 bits per heavy atom. The molecule has 0 aliphatic heterocycles. The van der Waals surface area contributed by atoms with Crippen LogP contribution in [0.4, 0.5) is 17.6 Å². The molecule has 10 heteroatoms. The van der Waals surface area contributed by atoms with E-state index in [9.17, 15) is 26.0 Å². The molecule has 0 aliphatic carbocycles. The summed E-state index contributed by atoms with van der Waals surface area (Å²) in [4.78, 5) is 3.34. The third kappa shape index (κ3) is 3.41. The van der Waals surface area contributed by atoms with Gasteiger partial charge in [0.25, 0.3) is 0 Å². The summed E-state index contributed by atoms with van der Waals surface area (Å²) in [6.07, 6.45) is -4.20. The van der Waals surface area contributed by atoms with Crippen LogP contribution >= 0.6 is 22.9 Å². The standard InChI is InChI=1S/C12H8ClF4NO2S2/c13-9-4-8(12(15,16)17)5-18-11(9)22(19,20)10-3-7(1-2-14)6-21-10/h3-6H,1-2H2. The van der Waals surface area contributed by atoms with Gasteiger partial charge in [-0.2, -0.15) is 13.2 Å². The smallest absolute Gasteiger partial charge is 0.251 e. The van der Waals surface area contributed by atoms with Crippen LogP contribution in [0.5, 0.6) is 0 Å². The average Bonchev–Trinajstić information content (AvgIpc) is 2.87. The lowest BCUT2D eigenvalue weighted by Crippen LogP contribution is -2.09. The number of aryl methyl sites for hydroxylation is 1. The van der Waals surface area contributed by atoms with E-state index in [1.54, 1.807) is 0 Å². The van der Waals surface area contributed by atoms with Crippen molar-refractivity contribution >= 4 is 32.8 Å². The number of hydrogen-bond acceptors (Lipinski definition) is 4. The van der Waals surface area contributed by atoms with Crippen LogP contribution in [0.15, 0.2) is 32.9 Å². The molecule has 0 bridgehead atoms. The molecule has 2 heterocycles. The third-order valence-electron chi connectivity index (χ3n) is 2.67. The van der Waals surface area contributed by atoms with Crippen LogP contribution in [-0.4, -0.2) is 20.1 Å². The molecule has 2 aromatic rings. The maximum absolute atomic E-state index is 12.5. The van der Waals surface area contributed by atoms with Gasteiger partial charge in [-0.1, -0.05) is 11.6 Å². The minimum absolute atomic E-state index is 0.0557. The number of thiophene rings is 1. The van der Waals surface area contributed by atoms with E-state index in [1.165, 1.54) is 11.4 Å². The topological polar surface area (TPSA) is 47.0 Å². The van der Waals surface area contributed by atoms with Gasteiger partial charge in [0.1, 0.15) is 4.21 Å². The van der Waals surface area contributed by atoms with Gasteiger partial charge < -0.3 is 0 Å². The highest BCUT2D eigenvalue weighted by Gasteiger charge is 2.33. The Morgan fingerprint density at radius 1 is 1.27 bits per heavy atom. The first-order valence-electron chi connectivity index (χ1n) is 5.77. The van der Waals surface area contributed by atoms with Crippen molar-refractivity contribution in [3.05, 3.63) is 39.9 Å². The summed E-state index contributed by atoms with van der Waals surface area (Å²) in [5.41, 5.74) is -0.658. The van der Waals surface area contributed by atoms with E-state index in [2.05, 4.69) is 4.98 Å². The highest BCUT2D eigenvalue weighted by molar-refractivity contribution is 7.93. The fourth-order valence-corrected chi connectivity index (χ4v) is 4.64. The molecular formula is C12H8ClF4NO2S2. The maximum Gasteiger partial charge on any atom is 0.417 e. The highest BCUT2D eigenvalue weighted by Crippen LogP contribution is 2.34. The van der Waals surface area contributed by atoms with Gasteiger partial charge in [-0.15, -0.1) is 11.3 Å². The quantitative estimate of drug-likeness (QED) is 0.756. The Hall–Kier alpha value is -1.19. The number of rotatable bonds is 4. The molecule has 22 heavy (non-hydrogen) atoms. The molecule has 0 saturated carbocycles. The normalized spacial score (nSPS) is 12.6. The predicted molar refractivity (Wildman–Crippen MR) is 73.7 cm³/mol. The van der Waals surface area contributed by atoms with E-state index >= 15 is 0 Å². The first-order chi connectivity index (χ1) is 10.2. The molecule has 0 aromatic carbocycles. The molecule has 0 radical (unpaired) electrons. The molecule has 0 fully saturated rings. The molecule has 0 aliphatic rings. The van der Waals surface area contributed by atoms with E-state index in [-0.39, 0.29) is 10.6 Å². The van der Waals surface area contributed by atoms with E-state index in [1.807, 2.05) is 0 Å². The molecule has 0 spiro atoms. The Balaban J connectivity index is 2.45. The lowest BCUT2D eigenvalue weighted by atomic mass is 10.3. The van der Waals surface area contributed by atoms with Crippen molar-refractivity contribution in [1.82, 2.24) is 4.98 Å². The highest BCUT2D eigenvalue weighted by atomic mass is 35.5. The van der Waals surface area contributed by atoms with Gasteiger partial charge in [-0.3, -0.25) is 4.39 Å². The number of aromatic nitrogens is 1.